The van der Waals surface area contributed by atoms with E-state index in [0.717, 1.165) is 44.9 Å². The number of hydrogen-bond donors (Lipinski definition) is 12. The lowest BCUT2D eigenvalue weighted by Gasteiger charge is -2.48. The van der Waals surface area contributed by atoms with Crippen LogP contribution in [0, 0.1) is 0 Å². The summed E-state index contributed by atoms with van der Waals surface area (Å²) in [6.07, 6.45) is 54.9. The van der Waals surface area contributed by atoms with Crippen LogP contribution < -0.4 is 5.32 Å². The van der Waals surface area contributed by atoms with Gasteiger partial charge in [0.2, 0.25) is 5.91 Å². The summed E-state index contributed by atoms with van der Waals surface area (Å²) >= 11 is 0. The maximum atomic E-state index is 13.5. The van der Waals surface area contributed by atoms with E-state index in [1.165, 1.54) is 308 Å². The lowest BCUT2D eigenvalue weighted by Crippen LogP contribution is -2.66. The van der Waals surface area contributed by atoms with Crippen LogP contribution >= 0.6 is 0 Å². The maximum absolute atomic E-state index is 13.5. The van der Waals surface area contributed by atoms with Gasteiger partial charge >= 0.3 is 0 Å². The Kier molecular flexibility index (Phi) is 61.2. The summed E-state index contributed by atoms with van der Waals surface area (Å²) < 4.78 is 34.5. The number of ether oxygens (including phenoxy) is 6. The standard InChI is InChI=1S/C85H161NO18/c1-3-5-7-9-11-13-15-17-19-21-23-24-25-26-27-28-29-30-31-32-33-34-35-36-37-38-39-40-41-42-43-44-45-47-49-51-53-55-57-59-61-63-73(91)86-68(69(90)62-60-58-56-54-52-50-48-46-22-20-18-16-14-12-10-8-6-4-2)67-99-83-79(97)76(94)81(71(65-88)101-83)104-85-80(98)77(95)82(72(66-89)102-85)103-84-78(96)75(93)74(92)70(64-87)100-84/h21,23,60,62,68-72,74-85,87-90,92-98H,3-20,22,24-59,61,63-67H2,1-2H3,(H,86,91)/b23-21-,62-60+. The zero-order valence-corrected chi connectivity index (χ0v) is 66.0. The van der Waals surface area contributed by atoms with Gasteiger partial charge in [-0.25, -0.2) is 0 Å². The third-order valence-corrected chi connectivity index (χ3v) is 22.0. The Hall–Kier alpha value is -1.73. The Morgan fingerprint density at radius 2 is 0.606 bits per heavy atom. The van der Waals surface area contributed by atoms with Crippen LogP contribution in [0.15, 0.2) is 24.3 Å². The van der Waals surface area contributed by atoms with Crippen molar-refractivity contribution in [3.05, 3.63) is 24.3 Å². The van der Waals surface area contributed by atoms with E-state index in [9.17, 15) is 61.0 Å². The molecule has 3 saturated heterocycles. The summed E-state index contributed by atoms with van der Waals surface area (Å²) in [5.74, 6) is -0.267. The summed E-state index contributed by atoms with van der Waals surface area (Å²) in [7, 11) is 0. The van der Waals surface area contributed by atoms with Crippen LogP contribution in [0.3, 0.4) is 0 Å². The fraction of sp³-hybridized carbons (Fsp3) is 0.941. The minimum Gasteiger partial charge on any atom is -0.394 e. The highest BCUT2D eigenvalue weighted by Gasteiger charge is 2.54. The second-order valence-electron chi connectivity index (χ2n) is 31.4. The SMILES string of the molecule is CCCCCCCCCC/C=C\CCCCCCCCCCCCCCCCCCCCCCCCCCCCCCCC(=O)NC(COC1OC(CO)C(OC2OC(CO)C(OC3OC(CO)C(O)C(O)C3O)C(O)C2O)C(O)C1O)C(O)/C=C/CCCCCCCCCCCCCCCCCC. The van der Waals surface area contributed by atoms with Gasteiger partial charge in [0.15, 0.2) is 18.9 Å². The van der Waals surface area contributed by atoms with Gasteiger partial charge in [0, 0.05) is 6.42 Å². The molecule has 0 aromatic rings. The largest absolute Gasteiger partial charge is 0.394 e. The molecule has 614 valence electrons. The van der Waals surface area contributed by atoms with Gasteiger partial charge in [0.1, 0.15) is 73.2 Å². The number of rotatable bonds is 71. The first-order chi connectivity index (χ1) is 50.8. The van der Waals surface area contributed by atoms with Gasteiger partial charge in [-0.3, -0.25) is 4.79 Å². The van der Waals surface area contributed by atoms with Crippen molar-refractivity contribution in [1.82, 2.24) is 5.32 Å². The summed E-state index contributed by atoms with van der Waals surface area (Å²) in [4.78, 5) is 13.5. The topological polar surface area (TPSA) is 307 Å². The van der Waals surface area contributed by atoms with E-state index >= 15 is 0 Å². The molecule has 0 radical (unpaired) electrons. The van der Waals surface area contributed by atoms with E-state index in [-0.39, 0.29) is 18.9 Å². The molecule has 0 spiro atoms. The fourth-order valence-electron chi connectivity index (χ4n) is 15.0. The van der Waals surface area contributed by atoms with Crippen molar-refractivity contribution in [3.8, 4) is 0 Å². The van der Waals surface area contributed by atoms with Gasteiger partial charge < -0.3 is 89.9 Å². The van der Waals surface area contributed by atoms with Crippen LogP contribution in [0.1, 0.15) is 380 Å². The monoisotopic (exact) mass is 1480 g/mol. The number of aliphatic hydroxyl groups excluding tert-OH is 11. The molecule has 3 fully saturated rings. The van der Waals surface area contributed by atoms with Crippen molar-refractivity contribution in [2.45, 2.75) is 484 Å². The van der Waals surface area contributed by atoms with Crippen LogP contribution in [0.2, 0.25) is 0 Å². The molecule has 3 aliphatic heterocycles. The van der Waals surface area contributed by atoms with E-state index < -0.39 is 124 Å². The molecule has 12 N–H and O–H groups in total. The van der Waals surface area contributed by atoms with Gasteiger partial charge in [0.05, 0.1) is 38.6 Å². The molecule has 0 bridgehead atoms. The molecule has 0 saturated carbocycles. The quantitative estimate of drug-likeness (QED) is 0.0199. The molecule has 17 unspecified atom stereocenters. The highest BCUT2D eigenvalue weighted by atomic mass is 16.8. The Morgan fingerprint density at radius 1 is 0.337 bits per heavy atom. The molecule has 0 aromatic heterocycles. The summed E-state index contributed by atoms with van der Waals surface area (Å²) in [5, 5.41) is 121. The van der Waals surface area contributed by atoms with Crippen molar-refractivity contribution in [1.29, 1.82) is 0 Å². The second-order valence-corrected chi connectivity index (χ2v) is 31.4. The highest BCUT2D eigenvalue weighted by molar-refractivity contribution is 5.76. The van der Waals surface area contributed by atoms with Gasteiger partial charge in [-0.1, -0.05) is 353 Å². The zero-order chi connectivity index (χ0) is 75.3. The molecule has 3 aliphatic rings. The maximum Gasteiger partial charge on any atom is 0.220 e. The van der Waals surface area contributed by atoms with Crippen molar-refractivity contribution in [2.24, 2.45) is 0 Å². The molecular formula is C85H161NO18. The number of allylic oxidation sites excluding steroid dienone is 3. The van der Waals surface area contributed by atoms with Crippen molar-refractivity contribution >= 4 is 5.91 Å². The van der Waals surface area contributed by atoms with Crippen molar-refractivity contribution in [2.75, 3.05) is 26.4 Å². The number of amides is 1. The number of hydrogen-bond acceptors (Lipinski definition) is 18. The molecule has 19 nitrogen and oxygen atoms in total. The number of carbonyl (C=O) groups is 1. The van der Waals surface area contributed by atoms with Crippen LogP contribution in [-0.2, 0) is 33.2 Å². The average molecular weight is 1490 g/mol. The van der Waals surface area contributed by atoms with E-state index in [1.54, 1.807) is 6.08 Å². The highest BCUT2D eigenvalue weighted by Crippen LogP contribution is 2.34. The Morgan fingerprint density at radius 3 is 0.933 bits per heavy atom. The minimum absolute atomic E-state index is 0.249. The number of aliphatic hydroxyl groups is 11. The molecule has 104 heavy (non-hydrogen) atoms. The molecule has 17 atom stereocenters. The average Bonchev–Trinajstić information content (AvgIpc) is 0.783. The fourth-order valence-corrected chi connectivity index (χ4v) is 15.0. The van der Waals surface area contributed by atoms with Crippen molar-refractivity contribution in [3.63, 3.8) is 0 Å². The van der Waals surface area contributed by atoms with E-state index in [0.29, 0.717) is 6.42 Å². The molecule has 0 aliphatic carbocycles. The van der Waals surface area contributed by atoms with Gasteiger partial charge in [0.25, 0.3) is 0 Å². The predicted octanol–water partition coefficient (Wildman–Crippen LogP) is 15.7. The third kappa shape index (κ3) is 44.9. The zero-order valence-electron chi connectivity index (χ0n) is 66.0. The molecule has 3 rings (SSSR count). The molecular weight excluding hydrogens is 1320 g/mol. The molecule has 3 heterocycles. The summed E-state index contributed by atoms with van der Waals surface area (Å²) in [6, 6.07) is -0.971. The second kappa shape index (κ2) is 65.9. The van der Waals surface area contributed by atoms with Crippen LogP contribution in [0.5, 0.6) is 0 Å². The summed E-state index contributed by atoms with van der Waals surface area (Å²) in [6.45, 7) is 1.79. The minimum atomic E-state index is -1.98. The van der Waals surface area contributed by atoms with Crippen LogP contribution in [-0.4, -0.2) is 193 Å². The van der Waals surface area contributed by atoms with E-state index in [1.807, 2.05) is 6.08 Å². The Balaban J connectivity index is 1.27. The lowest BCUT2D eigenvalue weighted by molar-refractivity contribution is -0.379. The van der Waals surface area contributed by atoms with Crippen molar-refractivity contribution < 1.29 is 89.4 Å². The van der Waals surface area contributed by atoms with Crippen LogP contribution in [0.25, 0.3) is 0 Å². The first-order valence-electron chi connectivity index (χ1n) is 43.6. The van der Waals surface area contributed by atoms with Crippen LogP contribution in [0.4, 0.5) is 0 Å². The normalized spacial score (nSPS) is 26.0. The number of unbranched alkanes of at least 4 members (excludes halogenated alkanes) is 53. The smallest absolute Gasteiger partial charge is 0.220 e. The van der Waals surface area contributed by atoms with E-state index in [4.69, 9.17) is 28.4 Å². The van der Waals surface area contributed by atoms with Gasteiger partial charge in [-0.2, -0.15) is 0 Å². The predicted molar refractivity (Wildman–Crippen MR) is 416 cm³/mol. The number of carbonyl (C=O) groups excluding carboxylic acids is 1. The molecule has 0 aromatic carbocycles. The number of nitrogens with one attached hydrogen (secondary N) is 1. The summed E-state index contributed by atoms with van der Waals surface area (Å²) in [5.41, 5.74) is 0. The first-order valence-corrected chi connectivity index (χ1v) is 43.6. The Labute approximate surface area is 632 Å². The molecule has 19 heteroatoms. The van der Waals surface area contributed by atoms with E-state index in [2.05, 4.69) is 31.3 Å². The first kappa shape index (κ1) is 96.5. The van der Waals surface area contributed by atoms with Gasteiger partial charge in [-0.15, -0.1) is 0 Å². The molecule has 1 amide bonds. The lowest BCUT2D eigenvalue weighted by atomic mass is 9.96. The van der Waals surface area contributed by atoms with Gasteiger partial charge in [-0.05, 0) is 44.9 Å². The Bertz CT molecular complexity index is 1970. The third-order valence-electron chi connectivity index (χ3n) is 22.0.